The maximum Gasteiger partial charge on any atom is 0.303 e. The van der Waals surface area contributed by atoms with Gasteiger partial charge in [0.15, 0.2) is 5.96 Å². The van der Waals surface area contributed by atoms with E-state index in [4.69, 9.17) is 17.2 Å². The number of aliphatic carboxylic acids is 1. The molecule has 0 aliphatic carbocycles. The number of carboxylic acid groups (broad SMARTS) is 1. The normalized spacial score (nSPS) is 14.0. The van der Waals surface area contributed by atoms with Gasteiger partial charge >= 0.3 is 5.97 Å². The molecule has 0 unspecified atom stereocenters. The van der Waals surface area contributed by atoms with Gasteiger partial charge in [0.2, 0.25) is 53.2 Å². The van der Waals surface area contributed by atoms with Crippen LogP contribution in [0.3, 0.4) is 0 Å². The SMILES string of the molecule is CCCC[C@H](NC(C)=O)C(=O)N[C@@H](CS)C(=O)N[C@H](CCC(=O)O)C(=O)N[C@@H](Cc1cnc[nH]1)C(=O)N[C@H](Cc1ccccc1)C(=O)N[C@@H](CCCN=C(N)N)C(=O)N[C@@H](Cc1c[nH]c2ccccc12)C(=O)N[C@@H](CS)C(N)=O. The number of amides is 9. The number of aromatic nitrogens is 3. The molecule has 428 valence electrons. The molecule has 0 bridgehead atoms. The molecule has 0 aliphatic rings. The number of nitrogens with zero attached hydrogens (tertiary/aromatic N) is 2. The van der Waals surface area contributed by atoms with E-state index in [0.29, 0.717) is 29.7 Å². The van der Waals surface area contributed by atoms with E-state index >= 15 is 0 Å². The van der Waals surface area contributed by atoms with Gasteiger partial charge in [0.1, 0.15) is 48.3 Å². The quantitative estimate of drug-likeness (QED) is 0.0107. The lowest BCUT2D eigenvalue weighted by atomic mass is 10.0. The number of imidazole rings is 1. The number of guanidine groups is 1. The molecule has 0 radical (unpaired) electrons. The number of aliphatic imine (C=N–C) groups is 1. The zero-order valence-electron chi connectivity index (χ0n) is 43.8. The van der Waals surface area contributed by atoms with E-state index in [0.717, 1.165) is 10.9 Å². The second-order valence-electron chi connectivity index (χ2n) is 18.5. The third kappa shape index (κ3) is 21.3. The van der Waals surface area contributed by atoms with E-state index in [2.05, 4.69) is 87.7 Å². The van der Waals surface area contributed by atoms with Crippen molar-refractivity contribution < 1.29 is 53.1 Å². The summed E-state index contributed by atoms with van der Waals surface area (Å²) in [6.45, 7) is 3.16. The number of fused-ring (bicyclic) bond motifs is 1. The molecular formula is C51H71N15O11S2. The lowest BCUT2D eigenvalue weighted by molar-refractivity contribution is -0.138. The van der Waals surface area contributed by atoms with Crippen molar-refractivity contribution in [3.05, 3.63) is 90.1 Å². The maximum atomic E-state index is 14.7. The van der Waals surface area contributed by atoms with E-state index in [1.54, 1.807) is 42.6 Å². The summed E-state index contributed by atoms with van der Waals surface area (Å²) < 4.78 is 0. The van der Waals surface area contributed by atoms with E-state index in [1.165, 1.54) is 19.4 Å². The number of primary amides is 1. The van der Waals surface area contributed by atoms with Gasteiger partial charge in [0.05, 0.1) is 6.33 Å². The molecule has 26 nitrogen and oxygen atoms in total. The number of benzene rings is 2. The molecule has 0 spiro atoms. The summed E-state index contributed by atoms with van der Waals surface area (Å²) in [5.41, 5.74) is 18.9. The molecule has 0 saturated heterocycles. The first kappa shape index (κ1) is 63.4. The number of nitrogens with two attached hydrogens (primary N) is 3. The highest BCUT2D eigenvalue weighted by Gasteiger charge is 2.35. The number of para-hydroxylation sites is 1. The number of thiol groups is 2. The number of aromatic amines is 2. The molecule has 8 atom stereocenters. The summed E-state index contributed by atoms with van der Waals surface area (Å²) in [4.78, 5) is 149. The fourth-order valence-electron chi connectivity index (χ4n) is 8.15. The standard InChI is InChI=1S/C51H71N15O11S2/c1-3-4-14-34(59-28(2)67)44(71)66-41(26-79)50(77)61-36(17-18-42(68)69)46(73)64-39(22-31-24-55-27-58-31)49(76)62-37(20-29-11-6-5-7-12-29)47(74)60-35(16-10-19-56-51(53)54)45(72)63-38(48(75)65-40(25-78)43(52)70)21-30-23-57-33-15-9-8-13-32(30)33/h5-9,11-13,15,23-24,27,34-41,57,78-79H,3-4,10,14,16-22,25-26H2,1-2H3,(H2,52,70)(H,55,58)(H,59,67)(H,60,74)(H,61,77)(H,62,76)(H,63,72)(H,64,73)(H,65,75)(H,66,71)(H,68,69)(H4,53,54,56)/t34-,35-,36+,37+,38-,39-,40-,41-/m0/s1. The minimum atomic E-state index is -1.60. The predicted molar refractivity (Wildman–Crippen MR) is 299 cm³/mol. The van der Waals surface area contributed by atoms with Gasteiger partial charge in [-0.2, -0.15) is 25.3 Å². The van der Waals surface area contributed by atoms with Crippen LogP contribution in [0, 0.1) is 0 Å². The van der Waals surface area contributed by atoms with Crippen LogP contribution in [-0.2, 0) is 67.2 Å². The van der Waals surface area contributed by atoms with E-state index in [-0.39, 0.29) is 62.5 Å². The second-order valence-corrected chi connectivity index (χ2v) is 19.2. The second kappa shape index (κ2) is 32.6. The number of carbonyl (C=O) groups is 10. The Labute approximate surface area is 466 Å². The highest BCUT2D eigenvalue weighted by atomic mass is 32.1. The average Bonchev–Trinajstić information content (AvgIpc) is 4.14. The first-order valence-corrected chi connectivity index (χ1v) is 26.7. The molecule has 28 heteroatoms. The number of rotatable bonds is 34. The van der Waals surface area contributed by atoms with Gasteiger partial charge in [-0.25, -0.2) is 4.98 Å². The van der Waals surface area contributed by atoms with Crippen molar-refractivity contribution in [1.29, 1.82) is 0 Å². The van der Waals surface area contributed by atoms with Crippen LogP contribution in [-0.4, -0.2) is 152 Å². The lowest BCUT2D eigenvalue weighted by Gasteiger charge is -2.28. The Hall–Kier alpha value is -8.14. The van der Waals surface area contributed by atoms with Crippen LogP contribution in [0.25, 0.3) is 10.9 Å². The average molecular weight is 1130 g/mol. The Kier molecular flexibility index (Phi) is 26.1. The van der Waals surface area contributed by atoms with E-state index in [9.17, 15) is 53.1 Å². The van der Waals surface area contributed by atoms with Crippen LogP contribution in [0.4, 0.5) is 0 Å². The van der Waals surface area contributed by atoms with Gasteiger partial charge in [0.25, 0.3) is 0 Å². The lowest BCUT2D eigenvalue weighted by Crippen LogP contribution is -2.61. The van der Waals surface area contributed by atoms with Crippen LogP contribution >= 0.6 is 25.3 Å². The first-order chi connectivity index (χ1) is 37.7. The number of unbranched alkanes of at least 4 members (excludes halogenated alkanes) is 1. The molecule has 79 heavy (non-hydrogen) atoms. The minimum Gasteiger partial charge on any atom is -0.481 e. The maximum absolute atomic E-state index is 14.7. The molecule has 9 amide bonds. The zero-order chi connectivity index (χ0) is 58.0. The number of carboxylic acids is 1. The van der Waals surface area contributed by atoms with Crippen molar-refractivity contribution in [3.63, 3.8) is 0 Å². The largest absolute Gasteiger partial charge is 0.481 e. The van der Waals surface area contributed by atoms with Crippen molar-refractivity contribution in [1.82, 2.24) is 57.5 Å². The van der Waals surface area contributed by atoms with Crippen molar-refractivity contribution in [2.24, 2.45) is 22.2 Å². The predicted octanol–water partition coefficient (Wildman–Crippen LogP) is -1.73. The topological polar surface area (TPSA) is 422 Å². The highest BCUT2D eigenvalue weighted by molar-refractivity contribution is 7.80. The number of carbonyl (C=O) groups excluding carboxylic acids is 9. The first-order valence-electron chi connectivity index (χ1n) is 25.5. The highest BCUT2D eigenvalue weighted by Crippen LogP contribution is 2.20. The van der Waals surface area contributed by atoms with Gasteiger partial charge in [-0.05, 0) is 42.9 Å². The van der Waals surface area contributed by atoms with Crippen LogP contribution in [0.15, 0.2) is 78.3 Å². The van der Waals surface area contributed by atoms with Gasteiger partial charge in [-0.15, -0.1) is 0 Å². The summed E-state index contributed by atoms with van der Waals surface area (Å²) in [5.74, 6) is -9.37. The Balaban J connectivity index is 1.66. The summed E-state index contributed by atoms with van der Waals surface area (Å²) in [7, 11) is 0. The van der Waals surface area contributed by atoms with Crippen molar-refractivity contribution in [2.45, 2.75) is 126 Å². The molecule has 0 fully saturated rings. The number of nitrogens with one attached hydrogen (secondary N) is 10. The summed E-state index contributed by atoms with van der Waals surface area (Å²) >= 11 is 8.36. The van der Waals surface area contributed by atoms with Crippen molar-refractivity contribution in [2.75, 3.05) is 18.1 Å². The molecule has 0 saturated carbocycles. The molecule has 0 aliphatic heterocycles. The number of H-pyrrole nitrogens is 2. The Morgan fingerprint density at radius 2 is 1.09 bits per heavy atom. The summed E-state index contributed by atoms with van der Waals surface area (Å²) in [6.07, 6.45) is 4.34. The van der Waals surface area contributed by atoms with Gasteiger partial charge in [-0.3, -0.25) is 52.9 Å². The van der Waals surface area contributed by atoms with Gasteiger partial charge in [0, 0.05) is 79.6 Å². The minimum absolute atomic E-state index is 0.0264. The van der Waals surface area contributed by atoms with E-state index < -0.39 is 120 Å². The zero-order valence-corrected chi connectivity index (χ0v) is 45.6. The summed E-state index contributed by atoms with van der Waals surface area (Å²) in [6, 6.07) is 4.84. The third-order valence-corrected chi connectivity index (χ3v) is 13.0. The molecule has 2 aromatic heterocycles. The van der Waals surface area contributed by atoms with Crippen LogP contribution in [0.2, 0.25) is 0 Å². The Morgan fingerprint density at radius 3 is 1.63 bits per heavy atom. The summed E-state index contributed by atoms with van der Waals surface area (Å²) in [5, 5.41) is 31.2. The molecule has 2 heterocycles. The van der Waals surface area contributed by atoms with Crippen LogP contribution in [0.5, 0.6) is 0 Å². The molecular weight excluding hydrogens is 1060 g/mol. The monoisotopic (exact) mass is 1130 g/mol. The Bertz CT molecular complexity index is 2740. The molecule has 17 N–H and O–H groups in total. The molecule has 4 aromatic rings. The van der Waals surface area contributed by atoms with Crippen LogP contribution < -0.4 is 59.7 Å². The fourth-order valence-corrected chi connectivity index (χ4v) is 8.68. The smallest absolute Gasteiger partial charge is 0.303 e. The molecule has 4 rings (SSSR count). The van der Waals surface area contributed by atoms with Crippen molar-refractivity contribution in [3.8, 4) is 0 Å². The van der Waals surface area contributed by atoms with Crippen molar-refractivity contribution >= 4 is 101 Å². The van der Waals surface area contributed by atoms with Gasteiger partial charge < -0.3 is 74.8 Å². The van der Waals surface area contributed by atoms with E-state index in [1.807, 2.05) is 25.1 Å². The number of hydrogen-bond acceptors (Lipinski definition) is 14. The molecule has 2 aromatic carbocycles. The Morgan fingerprint density at radius 1 is 0.595 bits per heavy atom. The fraction of sp³-hybridized carbons (Fsp3) is 0.451. The van der Waals surface area contributed by atoms with Crippen LogP contribution in [0.1, 0.15) is 75.6 Å². The third-order valence-electron chi connectivity index (χ3n) is 12.3. The van der Waals surface area contributed by atoms with Gasteiger partial charge in [-0.1, -0.05) is 68.3 Å². The number of hydrogen-bond donors (Lipinski definition) is 16.